The quantitative estimate of drug-likeness (QED) is 0.632. The van der Waals surface area contributed by atoms with Crippen molar-refractivity contribution >= 4 is 35.2 Å². The number of nitrogen functional groups attached to an aromatic ring is 1. The molecule has 4 N–H and O–H groups in total. The zero-order valence-corrected chi connectivity index (χ0v) is 13.4. The fourth-order valence-corrected chi connectivity index (χ4v) is 2.28. The van der Waals surface area contributed by atoms with E-state index in [4.69, 9.17) is 26.9 Å². The van der Waals surface area contributed by atoms with E-state index in [9.17, 15) is 9.59 Å². The number of carbonyl (C=O) groups excluding carboxylic acids is 1. The molecule has 0 unspecified atom stereocenters. The largest absolute Gasteiger partial charge is 0.480 e. The number of aliphatic carboxylic acids is 1. The minimum Gasteiger partial charge on any atom is -0.480 e. The normalized spacial score (nSPS) is 10.6. The third-order valence-electron chi connectivity index (χ3n) is 3.23. The molecule has 0 aliphatic heterocycles. The summed E-state index contributed by atoms with van der Waals surface area (Å²) >= 11 is 6.11. The molecule has 0 spiro atoms. The second-order valence-electron chi connectivity index (χ2n) is 5.04. The van der Waals surface area contributed by atoms with Crippen molar-refractivity contribution in [3.8, 4) is 11.1 Å². The molecule has 0 atom stereocenters. The summed E-state index contributed by atoms with van der Waals surface area (Å²) in [6.07, 6.45) is 4.25. The summed E-state index contributed by atoms with van der Waals surface area (Å²) in [5, 5.41) is 15.7. The Morgan fingerprint density at radius 2 is 2.16 bits per heavy atom. The van der Waals surface area contributed by atoms with Gasteiger partial charge in [0.15, 0.2) is 5.69 Å². The Bertz CT molecular complexity index is 949. The summed E-state index contributed by atoms with van der Waals surface area (Å²) < 4.78 is 6.09. The van der Waals surface area contributed by atoms with Crippen LogP contribution in [-0.4, -0.2) is 31.7 Å². The predicted octanol–water partition coefficient (Wildman–Crippen LogP) is 2.11. The maximum Gasteiger partial charge on any atom is 0.325 e. The number of rotatable bonds is 5. The van der Waals surface area contributed by atoms with E-state index in [1.54, 1.807) is 24.4 Å². The standard InChI is InChI=1S/C15H12ClN5O4/c16-10-2-1-8(9-4-18-21(5-9)6-13(22)23)3-11(10)19-14(24)12-7-25-15(17)20-12/h1-5,7H,6H2,(H2,17,20)(H,19,24)(H,22,23). The maximum absolute atomic E-state index is 12.1. The lowest BCUT2D eigenvalue weighted by atomic mass is 10.1. The van der Waals surface area contributed by atoms with Crippen LogP contribution in [-0.2, 0) is 11.3 Å². The molecular formula is C15H12ClN5O4. The van der Waals surface area contributed by atoms with E-state index < -0.39 is 11.9 Å². The van der Waals surface area contributed by atoms with E-state index >= 15 is 0 Å². The summed E-state index contributed by atoms with van der Waals surface area (Å²) in [6.45, 7) is -0.245. The number of anilines is 2. The Morgan fingerprint density at radius 3 is 2.84 bits per heavy atom. The molecule has 10 heteroatoms. The van der Waals surface area contributed by atoms with Crippen molar-refractivity contribution in [1.29, 1.82) is 0 Å². The molecule has 0 saturated heterocycles. The molecule has 0 saturated carbocycles. The Kier molecular flexibility index (Phi) is 4.40. The van der Waals surface area contributed by atoms with Gasteiger partial charge in [0.05, 0.1) is 16.9 Å². The molecule has 0 radical (unpaired) electrons. The van der Waals surface area contributed by atoms with Crippen LogP contribution in [0.5, 0.6) is 0 Å². The summed E-state index contributed by atoms with van der Waals surface area (Å²) in [5.41, 5.74) is 7.11. The van der Waals surface area contributed by atoms with Crippen LogP contribution in [0.15, 0.2) is 41.3 Å². The summed E-state index contributed by atoms with van der Waals surface area (Å²) in [7, 11) is 0. The molecule has 9 nitrogen and oxygen atoms in total. The molecule has 3 aromatic rings. The summed E-state index contributed by atoms with van der Waals surface area (Å²) in [6, 6.07) is 4.87. The van der Waals surface area contributed by atoms with Crippen molar-refractivity contribution in [1.82, 2.24) is 14.8 Å². The molecule has 1 aromatic carbocycles. The first-order chi connectivity index (χ1) is 11.9. The number of nitrogens with one attached hydrogen (secondary N) is 1. The molecular weight excluding hydrogens is 350 g/mol. The van der Waals surface area contributed by atoms with E-state index in [0.717, 1.165) is 6.26 Å². The first kappa shape index (κ1) is 16.5. The van der Waals surface area contributed by atoms with Crippen LogP contribution in [0.1, 0.15) is 10.5 Å². The number of hydrogen-bond acceptors (Lipinski definition) is 6. The molecule has 0 aliphatic carbocycles. The number of carboxylic acids is 1. The highest BCUT2D eigenvalue weighted by Crippen LogP contribution is 2.29. The van der Waals surface area contributed by atoms with Crippen molar-refractivity contribution in [2.75, 3.05) is 11.1 Å². The van der Waals surface area contributed by atoms with Crippen molar-refractivity contribution in [3.05, 3.63) is 47.6 Å². The van der Waals surface area contributed by atoms with E-state index in [1.807, 2.05) is 0 Å². The zero-order chi connectivity index (χ0) is 18.0. The van der Waals surface area contributed by atoms with Crippen molar-refractivity contribution in [3.63, 3.8) is 0 Å². The minimum atomic E-state index is -0.995. The minimum absolute atomic E-state index is 0.0215. The monoisotopic (exact) mass is 361 g/mol. The Balaban J connectivity index is 1.84. The van der Waals surface area contributed by atoms with Gasteiger partial charge in [-0.05, 0) is 17.7 Å². The second-order valence-corrected chi connectivity index (χ2v) is 5.45. The van der Waals surface area contributed by atoms with Gasteiger partial charge in [-0.2, -0.15) is 10.1 Å². The van der Waals surface area contributed by atoms with Gasteiger partial charge in [-0.3, -0.25) is 14.3 Å². The van der Waals surface area contributed by atoms with Crippen LogP contribution in [0.4, 0.5) is 11.7 Å². The highest BCUT2D eigenvalue weighted by atomic mass is 35.5. The van der Waals surface area contributed by atoms with Crippen LogP contribution in [0.2, 0.25) is 5.02 Å². The molecule has 3 rings (SSSR count). The number of benzene rings is 1. The number of aromatic nitrogens is 3. The smallest absolute Gasteiger partial charge is 0.325 e. The molecule has 128 valence electrons. The van der Waals surface area contributed by atoms with Crippen molar-refractivity contribution in [2.45, 2.75) is 6.54 Å². The first-order valence-corrected chi connectivity index (χ1v) is 7.36. The lowest BCUT2D eigenvalue weighted by molar-refractivity contribution is -0.137. The lowest BCUT2D eigenvalue weighted by Gasteiger charge is -2.07. The van der Waals surface area contributed by atoms with E-state index in [2.05, 4.69) is 15.4 Å². The number of carbonyl (C=O) groups is 2. The van der Waals surface area contributed by atoms with E-state index in [-0.39, 0.29) is 18.3 Å². The molecule has 2 heterocycles. The van der Waals surface area contributed by atoms with Gasteiger partial charge in [0.25, 0.3) is 11.9 Å². The third-order valence-corrected chi connectivity index (χ3v) is 3.56. The number of oxazole rings is 1. The van der Waals surface area contributed by atoms with Gasteiger partial charge < -0.3 is 20.6 Å². The number of nitrogens with two attached hydrogens (primary N) is 1. The SMILES string of the molecule is Nc1nc(C(=O)Nc2cc(-c3cnn(CC(=O)O)c3)ccc2Cl)co1. The van der Waals surface area contributed by atoms with Crippen LogP contribution in [0.25, 0.3) is 11.1 Å². The fraction of sp³-hybridized carbons (Fsp3) is 0.0667. The maximum atomic E-state index is 12.1. The van der Waals surface area contributed by atoms with Crippen molar-refractivity contribution in [2.24, 2.45) is 0 Å². The Hall–Kier alpha value is -3.33. The van der Waals surface area contributed by atoms with Crippen LogP contribution < -0.4 is 11.1 Å². The number of carboxylic acid groups (broad SMARTS) is 1. The number of hydrogen-bond donors (Lipinski definition) is 3. The van der Waals surface area contributed by atoms with Gasteiger partial charge in [0, 0.05) is 11.8 Å². The number of amides is 1. The van der Waals surface area contributed by atoms with E-state index in [1.165, 1.54) is 10.9 Å². The molecule has 1 amide bonds. The van der Waals surface area contributed by atoms with Gasteiger partial charge in [-0.1, -0.05) is 17.7 Å². The number of nitrogens with zero attached hydrogens (tertiary/aromatic N) is 3. The van der Waals surface area contributed by atoms with Gasteiger partial charge >= 0.3 is 5.97 Å². The Labute approximate surface area is 146 Å². The first-order valence-electron chi connectivity index (χ1n) is 6.99. The zero-order valence-electron chi connectivity index (χ0n) is 12.6. The van der Waals surface area contributed by atoms with Gasteiger partial charge in [0.1, 0.15) is 12.8 Å². The second kappa shape index (κ2) is 6.65. The van der Waals surface area contributed by atoms with Crippen molar-refractivity contribution < 1.29 is 19.1 Å². The van der Waals surface area contributed by atoms with Crippen LogP contribution >= 0.6 is 11.6 Å². The lowest BCUT2D eigenvalue weighted by Crippen LogP contribution is -2.12. The molecule has 0 fully saturated rings. The number of halogens is 1. The van der Waals surface area contributed by atoms with Gasteiger partial charge in [-0.25, -0.2) is 0 Å². The average Bonchev–Trinajstić information content (AvgIpc) is 3.18. The molecule has 2 aromatic heterocycles. The third kappa shape index (κ3) is 3.78. The molecule has 0 aliphatic rings. The fourth-order valence-electron chi connectivity index (χ4n) is 2.12. The summed E-state index contributed by atoms with van der Waals surface area (Å²) in [4.78, 5) is 26.6. The summed E-state index contributed by atoms with van der Waals surface area (Å²) in [5.74, 6) is -1.52. The average molecular weight is 362 g/mol. The van der Waals surface area contributed by atoms with E-state index in [0.29, 0.717) is 21.8 Å². The molecule has 0 bridgehead atoms. The van der Waals surface area contributed by atoms with Gasteiger partial charge in [0.2, 0.25) is 0 Å². The highest BCUT2D eigenvalue weighted by Gasteiger charge is 2.14. The van der Waals surface area contributed by atoms with Gasteiger partial charge in [-0.15, -0.1) is 0 Å². The predicted molar refractivity (Wildman–Crippen MR) is 89.2 cm³/mol. The van der Waals surface area contributed by atoms with Crippen LogP contribution in [0.3, 0.4) is 0 Å². The van der Waals surface area contributed by atoms with Crippen LogP contribution in [0, 0.1) is 0 Å². The molecule has 25 heavy (non-hydrogen) atoms. The highest BCUT2D eigenvalue weighted by molar-refractivity contribution is 6.34. The Morgan fingerprint density at radius 1 is 1.36 bits per heavy atom. The topological polar surface area (TPSA) is 136 Å².